The quantitative estimate of drug-likeness (QED) is 0.870. The fourth-order valence-electron chi connectivity index (χ4n) is 3.27. The Hall–Kier alpha value is -2.66. The van der Waals surface area contributed by atoms with Crippen LogP contribution >= 0.6 is 0 Å². The molecule has 2 aromatic carbocycles. The van der Waals surface area contributed by atoms with Crippen LogP contribution < -0.4 is 16.0 Å². The molecular formula is C21H25N3O2. The predicted molar refractivity (Wildman–Crippen MR) is 104 cm³/mol. The third-order valence-corrected chi connectivity index (χ3v) is 4.51. The summed E-state index contributed by atoms with van der Waals surface area (Å²) in [5, 5.41) is 2.82. The number of hydrogen-bond acceptors (Lipinski definition) is 3. The van der Waals surface area contributed by atoms with Gasteiger partial charge in [0.2, 0.25) is 11.8 Å². The molecule has 136 valence electrons. The Kier molecular flexibility index (Phi) is 5.68. The molecule has 0 aromatic heterocycles. The highest BCUT2D eigenvalue weighted by Crippen LogP contribution is 2.27. The van der Waals surface area contributed by atoms with E-state index in [2.05, 4.69) is 11.4 Å². The zero-order valence-corrected chi connectivity index (χ0v) is 15.1. The number of para-hydroxylation sites is 1. The van der Waals surface area contributed by atoms with Crippen LogP contribution in [0.2, 0.25) is 0 Å². The number of carbonyl (C=O) groups excluding carboxylic acids is 2. The Balaban J connectivity index is 1.63. The fourth-order valence-corrected chi connectivity index (χ4v) is 3.27. The Morgan fingerprint density at radius 3 is 2.62 bits per heavy atom. The topological polar surface area (TPSA) is 75.4 Å². The number of benzene rings is 2. The van der Waals surface area contributed by atoms with Gasteiger partial charge >= 0.3 is 0 Å². The molecule has 0 aliphatic carbocycles. The Bertz CT molecular complexity index is 784. The van der Waals surface area contributed by atoms with Crippen LogP contribution in [0, 0.1) is 0 Å². The highest BCUT2D eigenvalue weighted by atomic mass is 16.2. The van der Waals surface area contributed by atoms with Gasteiger partial charge in [0.15, 0.2) is 0 Å². The maximum absolute atomic E-state index is 12.8. The molecule has 2 amide bonds. The van der Waals surface area contributed by atoms with E-state index in [0.29, 0.717) is 6.42 Å². The lowest BCUT2D eigenvalue weighted by Gasteiger charge is -2.29. The molecule has 1 heterocycles. The zero-order chi connectivity index (χ0) is 18.5. The monoisotopic (exact) mass is 351 g/mol. The van der Waals surface area contributed by atoms with Crippen molar-refractivity contribution in [2.45, 2.75) is 38.6 Å². The van der Waals surface area contributed by atoms with E-state index in [9.17, 15) is 9.59 Å². The van der Waals surface area contributed by atoms with E-state index in [1.54, 1.807) is 6.92 Å². The van der Waals surface area contributed by atoms with Gasteiger partial charge in [0.1, 0.15) is 0 Å². The maximum atomic E-state index is 12.8. The van der Waals surface area contributed by atoms with Crippen LogP contribution in [0.25, 0.3) is 0 Å². The second kappa shape index (κ2) is 8.15. The number of amides is 2. The van der Waals surface area contributed by atoms with Crippen LogP contribution in [0.4, 0.5) is 11.4 Å². The van der Waals surface area contributed by atoms with Crippen molar-refractivity contribution >= 4 is 23.2 Å². The van der Waals surface area contributed by atoms with Crippen LogP contribution in [0.15, 0.2) is 48.5 Å². The normalized spacial score (nSPS) is 14.5. The van der Waals surface area contributed by atoms with Crippen molar-refractivity contribution < 1.29 is 9.59 Å². The van der Waals surface area contributed by atoms with Gasteiger partial charge in [0.25, 0.3) is 0 Å². The van der Waals surface area contributed by atoms with Crippen LogP contribution in [-0.2, 0) is 22.4 Å². The molecule has 3 N–H and O–H groups in total. The van der Waals surface area contributed by atoms with E-state index >= 15 is 0 Å². The highest BCUT2D eigenvalue weighted by Gasteiger charge is 2.22. The van der Waals surface area contributed by atoms with Gasteiger partial charge in [0.05, 0.1) is 6.42 Å². The minimum Gasteiger partial charge on any atom is -0.327 e. The SMILES string of the molecule is CC(N)CC(=O)Nc1ccc(CC(=O)N2CCCc3ccccc32)cc1. The first kappa shape index (κ1) is 18.1. The molecule has 0 radical (unpaired) electrons. The zero-order valence-electron chi connectivity index (χ0n) is 15.1. The maximum Gasteiger partial charge on any atom is 0.231 e. The number of rotatable bonds is 5. The van der Waals surface area contributed by atoms with Crippen LogP contribution in [0.5, 0.6) is 0 Å². The molecule has 1 unspecified atom stereocenters. The summed E-state index contributed by atoms with van der Waals surface area (Å²) in [5.41, 5.74) is 9.55. The van der Waals surface area contributed by atoms with E-state index in [1.165, 1.54) is 5.56 Å². The van der Waals surface area contributed by atoms with Gasteiger partial charge in [0, 0.05) is 30.4 Å². The first-order valence-corrected chi connectivity index (χ1v) is 9.05. The molecule has 5 nitrogen and oxygen atoms in total. The number of carbonyl (C=O) groups is 2. The van der Waals surface area contributed by atoms with Gasteiger partial charge < -0.3 is 16.0 Å². The largest absolute Gasteiger partial charge is 0.327 e. The lowest BCUT2D eigenvalue weighted by molar-refractivity contribution is -0.118. The lowest BCUT2D eigenvalue weighted by atomic mass is 10.0. The van der Waals surface area contributed by atoms with Crippen molar-refractivity contribution in [1.82, 2.24) is 0 Å². The fraction of sp³-hybridized carbons (Fsp3) is 0.333. The molecule has 0 saturated carbocycles. The number of aryl methyl sites for hydroxylation is 1. The molecule has 3 rings (SSSR count). The smallest absolute Gasteiger partial charge is 0.231 e. The number of nitrogens with zero attached hydrogens (tertiary/aromatic N) is 1. The van der Waals surface area contributed by atoms with Gasteiger partial charge in [-0.1, -0.05) is 30.3 Å². The lowest BCUT2D eigenvalue weighted by Crippen LogP contribution is -2.36. The molecule has 0 spiro atoms. The summed E-state index contributed by atoms with van der Waals surface area (Å²) in [6.45, 7) is 2.56. The number of nitrogens with one attached hydrogen (secondary N) is 1. The number of fused-ring (bicyclic) bond motifs is 1. The summed E-state index contributed by atoms with van der Waals surface area (Å²) >= 11 is 0. The van der Waals surface area contributed by atoms with Crippen LogP contribution in [0.3, 0.4) is 0 Å². The van der Waals surface area contributed by atoms with Crippen molar-refractivity contribution in [1.29, 1.82) is 0 Å². The van der Waals surface area contributed by atoms with Gasteiger partial charge in [-0.05, 0) is 49.1 Å². The van der Waals surface area contributed by atoms with Gasteiger partial charge in [-0.2, -0.15) is 0 Å². The van der Waals surface area contributed by atoms with Gasteiger partial charge in [-0.25, -0.2) is 0 Å². The Morgan fingerprint density at radius 2 is 1.88 bits per heavy atom. The average molecular weight is 351 g/mol. The van der Waals surface area contributed by atoms with Crippen LogP contribution in [-0.4, -0.2) is 24.4 Å². The second-order valence-electron chi connectivity index (χ2n) is 6.88. The number of nitrogens with two attached hydrogens (primary N) is 1. The molecular weight excluding hydrogens is 326 g/mol. The molecule has 1 aliphatic rings. The standard InChI is InChI=1S/C21H25N3O2/c1-15(22)13-20(25)23-18-10-8-16(9-11-18)14-21(26)24-12-4-6-17-5-2-3-7-19(17)24/h2-3,5,7-11,15H,4,6,12-14,22H2,1H3,(H,23,25). The first-order valence-electron chi connectivity index (χ1n) is 9.05. The molecule has 1 aliphatic heterocycles. The van der Waals surface area contributed by atoms with Crippen molar-refractivity contribution in [2.75, 3.05) is 16.8 Å². The Labute approximate surface area is 154 Å². The van der Waals surface area contributed by atoms with Crippen LogP contribution in [0.1, 0.15) is 30.9 Å². The third-order valence-electron chi connectivity index (χ3n) is 4.51. The van der Waals surface area contributed by atoms with E-state index in [-0.39, 0.29) is 24.3 Å². The molecule has 2 aromatic rings. The van der Waals surface area contributed by atoms with Crippen molar-refractivity contribution in [3.05, 3.63) is 59.7 Å². The third kappa shape index (κ3) is 4.49. The molecule has 0 saturated heterocycles. The van der Waals surface area contributed by atoms with E-state index < -0.39 is 0 Å². The molecule has 0 fully saturated rings. The molecule has 0 bridgehead atoms. The minimum atomic E-state index is -0.167. The van der Waals surface area contributed by atoms with E-state index in [1.807, 2.05) is 47.4 Å². The van der Waals surface area contributed by atoms with Crippen molar-refractivity contribution in [3.63, 3.8) is 0 Å². The number of anilines is 2. The summed E-state index contributed by atoms with van der Waals surface area (Å²) in [6, 6.07) is 15.4. The Morgan fingerprint density at radius 1 is 1.15 bits per heavy atom. The van der Waals surface area contributed by atoms with Crippen molar-refractivity contribution in [3.8, 4) is 0 Å². The van der Waals surface area contributed by atoms with Gasteiger partial charge in [-0.15, -0.1) is 0 Å². The number of hydrogen-bond donors (Lipinski definition) is 2. The van der Waals surface area contributed by atoms with Crippen molar-refractivity contribution in [2.24, 2.45) is 5.73 Å². The average Bonchev–Trinajstić information content (AvgIpc) is 2.62. The van der Waals surface area contributed by atoms with E-state index in [4.69, 9.17) is 5.73 Å². The van der Waals surface area contributed by atoms with E-state index in [0.717, 1.165) is 36.3 Å². The summed E-state index contributed by atoms with van der Waals surface area (Å²) in [7, 11) is 0. The second-order valence-corrected chi connectivity index (χ2v) is 6.88. The predicted octanol–water partition coefficient (Wildman–Crippen LogP) is 2.88. The summed E-state index contributed by atoms with van der Waals surface area (Å²) < 4.78 is 0. The highest BCUT2D eigenvalue weighted by molar-refractivity contribution is 5.96. The van der Waals surface area contributed by atoms with Gasteiger partial charge in [-0.3, -0.25) is 9.59 Å². The first-order chi connectivity index (χ1) is 12.5. The summed E-state index contributed by atoms with van der Waals surface area (Å²) in [4.78, 5) is 26.4. The summed E-state index contributed by atoms with van der Waals surface area (Å²) in [6.07, 6.45) is 2.65. The molecule has 26 heavy (non-hydrogen) atoms. The summed E-state index contributed by atoms with van der Waals surface area (Å²) in [5.74, 6) is -0.000331. The molecule has 5 heteroatoms. The minimum absolute atomic E-state index is 0.103. The molecule has 1 atom stereocenters.